The van der Waals surface area contributed by atoms with Gasteiger partial charge in [0.05, 0.1) is 24.8 Å². The fraction of sp³-hybridized carbons (Fsp3) is 0.500. The van der Waals surface area contributed by atoms with Gasteiger partial charge in [-0.1, -0.05) is 0 Å². The van der Waals surface area contributed by atoms with Crippen molar-refractivity contribution in [3.8, 4) is 6.07 Å². The Balaban J connectivity index is 2.48. The quantitative estimate of drug-likeness (QED) is 0.712. The molecule has 0 unspecified atom stereocenters. The molecule has 0 fully saturated rings. The molecule has 0 aliphatic rings. The van der Waals surface area contributed by atoms with E-state index in [-0.39, 0.29) is 0 Å². The molecule has 12 heavy (non-hydrogen) atoms. The first-order chi connectivity index (χ1) is 5.86. The van der Waals surface area contributed by atoms with Gasteiger partial charge in [0.15, 0.2) is 0 Å². The molecule has 1 aromatic heterocycles. The lowest BCUT2D eigenvalue weighted by Gasteiger charge is -1.94. The second-order valence-electron chi connectivity index (χ2n) is 2.20. The molecule has 1 rings (SSSR count). The van der Waals surface area contributed by atoms with Crippen LogP contribution >= 0.6 is 11.3 Å². The predicted molar refractivity (Wildman–Crippen MR) is 46.8 cm³/mol. The summed E-state index contributed by atoms with van der Waals surface area (Å²) in [6.07, 6.45) is 0.391. The minimum atomic E-state index is 0.391. The summed E-state index contributed by atoms with van der Waals surface area (Å²) in [6, 6.07) is 2.06. The minimum absolute atomic E-state index is 0.391. The average molecular weight is 182 g/mol. The van der Waals surface area contributed by atoms with E-state index in [2.05, 4.69) is 11.1 Å². The van der Waals surface area contributed by atoms with Gasteiger partial charge in [0.1, 0.15) is 5.01 Å². The summed E-state index contributed by atoms with van der Waals surface area (Å²) in [5.74, 6) is 0. The summed E-state index contributed by atoms with van der Waals surface area (Å²) >= 11 is 1.54. The second-order valence-corrected chi connectivity index (χ2v) is 3.15. The van der Waals surface area contributed by atoms with E-state index in [1.165, 1.54) is 0 Å². The van der Waals surface area contributed by atoms with Gasteiger partial charge in [-0.3, -0.25) is 0 Å². The second kappa shape index (κ2) is 4.86. The van der Waals surface area contributed by atoms with Crippen LogP contribution in [0.4, 0.5) is 0 Å². The van der Waals surface area contributed by atoms with Crippen LogP contribution < -0.4 is 0 Å². The number of aromatic nitrogens is 1. The molecule has 0 aliphatic heterocycles. The van der Waals surface area contributed by atoms with Crippen molar-refractivity contribution in [3.63, 3.8) is 0 Å². The van der Waals surface area contributed by atoms with Crippen molar-refractivity contribution >= 4 is 11.3 Å². The number of hydrogen-bond donors (Lipinski definition) is 0. The molecule has 0 spiro atoms. The Labute approximate surface area is 75.6 Å². The van der Waals surface area contributed by atoms with Gasteiger partial charge in [-0.15, -0.1) is 11.3 Å². The van der Waals surface area contributed by atoms with Crippen molar-refractivity contribution in [1.29, 1.82) is 5.26 Å². The van der Waals surface area contributed by atoms with Gasteiger partial charge in [-0.05, 0) is 6.92 Å². The molecule has 0 aromatic carbocycles. The van der Waals surface area contributed by atoms with Crippen molar-refractivity contribution in [2.75, 3.05) is 6.61 Å². The lowest BCUT2D eigenvalue weighted by atomic mass is 10.4. The zero-order chi connectivity index (χ0) is 8.81. The van der Waals surface area contributed by atoms with Crippen molar-refractivity contribution < 1.29 is 4.74 Å². The summed E-state index contributed by atoms with van der Waals surface area (Å²) in [4.78, 5) is 4.21. The average Bonchev–Trinajstić information content (AvgIpc) is 2.50. The first-order valence-corrected chi connectivity index (χ1v) is 4.62. The monoisotopic (exact) mass is 182 g/mol. The Hall–Kier alpha value is -0.920. The predicted octanol–water partition coefficient (Wildman–Crippen LogP) is 1.75. The molecule has 1 aromatic rings. The van der Waals surface area contributed by atoms with E-state index < -0.39 is 0 Å². The van der Waals surface area contributed by atoms with Crippen LogP contribution in [-0.2, 0) is 17.8 Å². The Morgan fingerprint density at radius 1 is 1.75 bits per heavy atom. The fourth-order valence-corrected chi connectivity index (χ4v) is 1.50. The lowest BCUT2D eigenvalue weighted by molar-refractivity contribution is 0.134. The SMILES string of the molecule is CCOCc1nc(CC#N)cs1. The van der Waals surface area contributed by atoms with E-state index in [4.69, 9.17) is 10.00 Å². The van der Waals surface area contributed by atoms with Gasteiger partial charge in [-0.2, -0.15) is 5.26 Å². The van der Waals surface area contributed by atoms with Crippen molar-refractivity contribution in [2.45, 2.75) is 20.0 Å². The number of rotatable bonds is 4. The summed E-state index contributed by atoms with van der Waals surface area (Å²) in [5, 5.41) is 11.2. The fourth-order valence-electron chi connectivity index (χ4n) is 0.767. The Morgan fingerprint density at radius 2 is 2.58 bits per heavy atom. The molecule has 0 bridgehead atoms. The topological polar surface area (TPSA) is 45.9 Å². The van der Waals surface area contributed by atoms with Crippen LogP contribution in [0.3, 0.4) is 0 Å². The highest BCUT2D eigenvalue weighted by atomic mass is 32.1. The Kier molecular flexibility index (Phi) is 3.71. The van der Waals surface area contributed by atoms with Crippen molar-refractivity contribution in [3.05, 3.63) is 16.1 Å². The van der Waals surface area contributed by atoms with Crippen molar-refractivity contribution in [2.24, 2.45) is 0 Å². The molecular weight excluding hydrogens is 172 g/mol. The standard InChI is InChI=1S/C8H10N2OS/c1-2-11-5-8-10-7(3-4-9)6-12-8/h6H,2-3,5H2,1H3. The molecule has 1 heterocycles. The number of nitrogens with zero attached hydrogens (tertiary/aromatic N) is 2. The van der Waals surface area contributed by atoms with Crippen LogP contribution in [0.2, 0.25) is 0 Å². The van der Waals surface area contributed by atoms with Crippen LogP contribution in [0.15, 0.2) is 5.38 Å². The number of nitriles is 1. The first-order valence-electron chi connectivity index (χ1n) is 3.74. The van der Waals surface area contributed by atoms with E-state index in [0.29, 0.717) is 19.6 Å². The molecule has 0 saturated heterocycles. The zero-order valence-corrected chi connectivity index (χ0v) is 7.73. The number of thiazole rings is 1. The Bertz CT molecular complexity index is 277. The van der Waals surface area contributed by atoms with Crippen LogP contribution in [0.5, 0.6) is 0 Å². The third-order valence-corrected chi connectivity index (χ3v) is 2.16. The van der Waals surface area contributed by atoms with Crippen LogP contribution in [0.25, 0.3) is 0 Å². The first kappa shape index (κ1) is 9.17. The molecule has 0 radical (unpaired) electrons. The van der Waals surface area contributed by atoms with Gasteiger partial charge in [0.2, 0.25) is 0 Å². The van der Waals surface area contributed by atoms with Gasteiger partial charge < -0.3 is 4.74 Å². The Morgan fingerprint density at radius 3 is 3.25 bits per heavy atom. The van der Waals surface area contributed by atoms with Crippen LogP contribution in [0, 0.1) is 11.3 Å². The van der Waals surface area contributed by atoms with E-state index >= 15 is 0 Å². The van der Waals surface area contributed by atoms with Crippen LogP contribution in [-0.4, -0.2) is 11.6 Å². The normalized spacial score (nSPS) is 9.67. The molecule has 0 atom stereocenters. The molecule has 3 nitrogen and oxygen atoms in total. The summed E-state index contributed by atoms with van der Waals surface area (Å²) in [7, 11) is 0. The van der Waals surface area contributed by atoms with E-state index in [9.17, 15) is 0 Å². The highest BCUT2D eigenvalue weighted by Crippen LogP contribution is 2.10. The summed E-state index contributed by atoms with van der Waals surface area (Å²) in [5.41, 5.74) is 0.845. The van der Waals surface area contributed by atoms with Crippen molar-refractivity contribution in [1.82, 2.24) is 4.98 Å². The molecule has 0 amide bonds. The lowest BCUT2D eigenvalue weighted by Crippen LogP contribution is -1.91. The van der Waals surface area contributed by atoms with E-state index in [0.717, 1.165) is 10.7 Å². The molecule has 0 N–H and O–H groups in total. The molecular formula is C8H10N2OS. The maximum Gasteiger partial charge on any atom is 0.119 e. The molecule has 4 heteroatoms. The smallest absolute Gasteiger partial charge is 0.119 e. The third-order valence-electron chi connectivity index (χ3n) is 1.29. The molecule has 0 saturated carbocycles. The maximum absolute atomic E-state index is 8.39. The van der Waals surface area contributed by atoms with E-state index in [1.807, 2.05) is 12.3 Å². The van der Waals surface area contributed by atoms with E-state index in [1.54, 1.807) is 11.3 Å². The largest absolute Gasteiger partial charge is 0.375 e. The number of ether oxygens (including phenoxy) is 1. The third kappa shape index (κ3) is 2.61. The zero-order valence-electron chi connectivity index (χ0n) is 6.91. The molecule has 64 valence electrons. The number of hydrogen-bond acceptors (Lipinski definition) is 4. The summed E-state index contributed by atoms with van der Waals surface area (Å²) < 4.78 is 5.18. The van der Waals surface area contributed by atoms with Gasteiger partial charge in [0, 0.05) is 12.0 Å². The highest BCUT2D eigenvalue weighted by Gasteiger charge is 2.00. The molecule has 0 aliphatic carbocycles. The summed E-state index contributed by atoms with van der Waals surface area (Å²) in [6.45, 7) is 3.21. The maximum atomic E-state index is 8.39. The van der Waals surface area contributed by atoms with Crippen LogP contribution in [0.1, 0.15) is 17.6 Å². The highest BCUT2D eigenvalue weighted by molar-refractivity contribution is 7.09. The van der Waals surface area contributed by atoms with Gasteiger partial charge in [-0.25, -0.2) is 4.98 Å². The van der Waals surface area contributed by atoms with Gasteiger partial charge in [0.25, 0.3) is 0 Å². The van der Waals surface area contributed by atoms with Gasteiger partial charge >= 0.3 is 0 Å². The minimum Gasteiger partial charge on any atom is -0.375 e.